The van der Waals surface area contributed by atoms with Crippen molar-refractivity contribution in [1.29, 1.82) is 0 Å². The summed E-state index contributed by atoms with van der Waals surface area (Å²) in [5, 5.41) is 10.2. The number of phenolic OH excluding ortho intramolecular Hbond substituents is 1. The number of carbonyl (C=O) groups excluding carboxylic acids is 1. The lowest BCUT2D eigenvalue weighted by atomic mass is 10.1. The van der Waals surface area contributed by atoms with Crippen LogP contribution in [0.15, 0.2) is 24.3 Å². The second kappa shape index (κ2) is 7.02. The van der Waals surface area contributed by atoms with Gasteiger partial charge in [-0.15, -0.1) is 0 Å². The molecule has 0 aromatic heterocycles. The van der Waals surface area contributed by atoms with E-state index in [4.69, 9.17) is 0 Å². The molecule has 0 aliphatic heterocycles. The zero-order valence-corrected chi connectivity index (χ0v) is 13.0. The first-order valence-electron chi connectivity index (χ1n) is 7.25. The molecular weight excluding hydrogens is 270 g/mol. The van der Waals surface area contributed by atoms with Crippen molar-refractivity contribution in [3.8, 4) is 5.75 Å². The van der Waals surface area contributed by atoms with Gasteiger partial charge in [-0.2, -0.15) is 11.8 Å². The Kier molecular flexibility index (Phi) is 5.35. The lowest BCUT2D eigenvalue weighted by Gasteiger charge is -2.25. The van der Waals surface area contributed by atoms with Crippen molar-refractivity contribution in [2.24, 2.45) is 0 Å². The Hall–Kier alpha value is -1.16. The maximum atomic E-state index is 12.3. The summed E-state index contributed by atoms with van der Waals surface area (Å²) >= 11 is 2.01. The van der Waals surface area contributed by atoms with E-state index in [0.717, 1.165) is 24.2 Å². The number of carbonyl (C=O) groups is 1. The van der Waals surface area contributed by atoms with E-state index in [1.165, 1.54) is 6.42 Å². The van der Waals surface area contributed by atoms with E-state index in [9.17, 15) is 9.90 Å². The number of hydrogen-bond donors (Lipinski definition) is 1. The Morgan fingerprint density at radius 3 is 2.95 bits per heavy atom. The summed E-state index contributed by atoms with van der Waals surface area (Å²) in [5.74, 6) is 1.51. The summed E-state index contributed by atoms with van der Waals surface area (Å²) in [6, 6.07) is 7.33. The molecule has 1 fully saturated rings. The molecule has 0 heterocycles. The molecule has 4 heteroatoms. The topological polar surface area (TPSA) is 40.5 Å². The molecule has 1 aliphatic rings. The number of rotatable bonds is 5. The summed E-state index contributed by atoms with van der Waals surface area (Å²) in [5.41, 5.74) is 0.874. The van der Waals surface area contributed by atoms with Crippen LogP contribution in [0.4, 0.5) is 0 Å². The number of nitrogens with zero attached hydrogens (tertiary/aromatic N) is 1. The SMILES string of the molecule is CCS[C@@H]1CC[C@@H](N(C)C(=O)Cc2cccc(O)c2)C1. The molecule has 1 aliphatic carbocycles. The van der Waals surface area contributed by atoms with Crippen LogP contribution in [0.2, 0.25) is 0 Å². The van der Waals surface area contributed by atoms with Crippen molar-refractivity contribution in [3.63, 3.8) is 0 Å². The highest BCUT2D eigenvalue weighted by Crippen LogP contribution is 2.32. The Bertz CT molecular complexity index is 464. The fraction of sp³-hybridized carbons (Fsp3) is 0.562. The normalized spacial score (nSPS) is 21.9. The maximum absolute atomic E-state index is 12.3. The van der Waals surface area contributed by atoms with Crippen LogP contribution in [0.1, 0.15) is 31.7 Å². The summed E-state index contributed by atoms with van der Waals surface area (Å²) in [6.07, 6.45) is 3.81. The number of thioether (sulfide) groups is 1. The molecule has 110 valence electrons. The number of benzene rings is 1. The van der Waals surface area contributed by atoms with Gasteiger partial charge in [0.05, 0.1) is 6.42 Å². The van der Waals surface area contributed by atoms with Crippen LogP contribution in [-0.4, -0.2) is 40.0 Å². The van der Waals surface area contributed by atoms with E-state index in [-0.39, 0.29) is 11.7 Å². The third-order valence-corrected chi connectivity index (χ3v) is 5.20. The fourth-order valence-corrected chi connectivity index (χ4v) is 3.96. The number of likely N-dealkylation sites (N-methyl/N-ethyl adjacent to an activating group) is 1. The van der Waals surface area contributed by atoms with Gasteiger partial charge in [0.15, 0.2) is 0 Å². The van der Waals surface area contributed by atoms with E-state index >= 15 is 0 Å². The van der Waals surface area contributed by atoms with Gasteiger partial charge >= 0.3 is 0 Å². The second-order valence-electron chi connectivity index (χ2n) is 5.40. The molecule has 2 rings (SSSR count). The molecule has 0 unspecified atom stereocenters. The summed E-state index contributed by atoms with van der Waals surface area (Å²) in [4.78, 5) is 14.2. The number of phenols is 1. The Balaban J connectivity index is 1.89. The quantitative estimate of drug-likeness (QED) is 0.907. The highest BCUT2D eigenvalue weighted by molar-refractivity contribution is 7.99. The van der Waals surface area contributed by atoms with Crippen molar-refractivity contribution in [1.82, 2.24) is 4.90 Å². The van der Waals surface area contributed by atoms with Crippen LogP contribution in [0.5, 0.6) is 5.75 Å². The van der Waals surface area contributed by atoms with Crippen molar-refractivity contribution in [3.05, 3.63) is 29.8 Å². The third-order valence-electron chi connectivity index (χ3n) is 3.97. The van der Waals surface area contributed by atoms with Crippen molar-refractivity contribution in [2.45, 2.75) is 43.9 Å². The summed E-state index contributed by atoms with van der Waals surface area (Å²) < 4.78 is 0. The molecule has 1 saturated carbocycles. The standard InChI is InChI=1S/C16H23NO2S/c1-3-20-15-8-7-13(11-15)17(2)16(19)10-12-5-4-6-14(18)9-12/h4-6,9,13,15,18H,3,7-8,10-11H2,1-2H3/t13-,15-/m1/s1. The van der Waals surface area contributed by atoms with Crippen LogP contribution in [0.3, 0.4) is 0 Å². The van der Waals surface area contributed by atoms with Crippen molar-refractivity contribution >= 4 is 17.7 Å². The number of amides is 1. The van der Waals surface area contributed by atoms with Gasteiger partial charge in [0, 0.05) is 18.3 Å². The van der Waals surface area contributed by atoms with E-state index in [0.29, 0.717) is 17.7 Å². The molecular formula is C16H23NO2S. The third kappa shape index (κ3) is 3.92. The summed E-state index contributed by atoms with van der Waals surface area (Å²) in [6.45, 7) is 2.19. The van der Waals surface area contributed by atoms with Crippen molar-refractivity contribution in [2.75, 3.05) is 12.8 Å². The summed E-state index contributed by atoms with van der Waals surface area (Å²) in [7, 11) is 1.91. The van der Waals surface area contributed by atoms with Crippen LogP contribution in [0.25, 0.3) is 0 Å². The highest BCUT2D eigenvalue weighted by atomic mass is 32.2. The molecule has 0 bridgehead atoms. The average Bonchev–Trinajstić information content (AvgIpc) is 2.87. The first-order valence-corrected chi connectivity index (χ1v) is 8.30. The van der Waals surface area contributed by atoms with E-state index in [2.05, 4.69) is 6.92 Å². The molecule has 0 spiro atoms. The molecule has 0 radical (unpaired) electrons. The van der Waals surface area contributed by atoms with Crippen molar-refractivity contribution < 1.29 is 9.90 Å². The Morgan fingerprint density at radius 1 is 1.45 bits per heavy atom. The highest BCUT2D eigenvalue weighted by Gasteiger charge is 2.29. The number of hydrogen-bond acceptors (Lipinski definition) is 3. The molecule has 1 aromatic rings. The predicted octanol–water partition coefficient (Wildman–Crippen LogP) is 3.07. The zero-order chi connectivity index (χ0) is 14.5. The first-order chi connectivity index (χ1) is 9.60. The minimum Gasteiger partial charge on any atom is -0.508 e. The predicted molar refractivity (Wildman–Crippen MR) is 84.1 cm³/mol. The van der Waals surface area contributed by atoms with E-state index in [1.807, 2.05) is 29.8 Å². The molecule has 1 aromatic carbocycles. The van der Waals surface area contributed by atoms with Gasteiger partial charge in [-0.3, -0.25) is 4.79 Å². The fourth-order valence-electron chi connectivity index (χ4n) is 2.83. The lowest BCUT2D eigenvalue weighted by molar-refractivity contribution is -0.131. The largest absolute Gasteiger partial charge is 0.508 e. The molecule has 2 atom stereocenters. The molecule has 1 N–H and O–H groups in total. The van der Waals surface area contributed by atoms with Gasteiger partial charge in [0.1, 0.15) is 5.75 Å². The smallest absolute Gasteiger partial charge is 0.226 e. The molecule has 0 saturated heterocycles. The van der Waals surface area contributed by atoms with E-state index in [1.54, 1.807) is 18.2 Å². The monoisotopic (exact) mass is 293 g/mol. The number of aromatic hydroxyl groups is 1. The van der Waals surface area contributed by atoms with Gasteiger partial charge in [-0.1, -0.05) is 19.1 Å². The van der Waals surface area contributed by atoms with E-state index < -0.39 is 0 Å². The average molecular weight is 293 g/mol. The van der Waals surface area contributed by atoms with Gasteiger partial charge in [0.25, 0.3) is 0 Å². The Labute approximate surface area is 125 Å². The van der Waals surface area contributed by atoms with Crippen LogP contribution in [-0.2, 0) is 11.2 Å². The van der Waals surface area contributed by atoms with Crippen LogP contribution >= 0.6 is 11.8 Å². The van der Waals surface area contributed by atoms with Crippen LogP contribution < -0.4 is 0 Å². The first kappa shape index (κ1) is 15.2. The lowest BCUT2D eigenvalue weighted by Crippen LogP contribution is -2.36. The minimum absolute atomic E-state index is 0.141. The molecule has 1 amide bonds. The van der Waals surface area contributed by atoms with Gasteiger partial charge in [-0.25, -0.2) is 0 Å². The van der Waals surface area contributed by atoms with Gasteiger partial charge < -0.3 is 10.0 Å². The van der Waals surface area contributed by atoms with Gasteiger partial charge in [-0.05, 0) is 42.7 Å². The second-order valence-corrected chi connectivity index (χ2v) is 6.97. The molecule has 3 nitrogen and oxygen atoms in total. The Morgan fingerprint density at radius 2 is 2.25 bits per heavy atom. The molecule has 20 heavy (non-hydrogen) atoms. The minimum atomic E-state index is 0.141. The zero-order valence-electron chi connectivity index (χ0n) is 12.2. The van der Waals surface area contributed by atoms with Gasteiger partial charge in [0.2, 0.25) is 5.91 Å². The maximum Gasteiger partial charge on any atom is 0.226 e. The van der Waals surface area contributed by atoms with Crippen LogP contribution in [0, 0.1) is 0 Å².